The van der Waals surface area contributed by atoms with Gasteiger partial charge in [0.25, 0.3) is 5.91 Å². The summed E-state index contributed by atoms with van der Waals surface area (Å²) in [5.74, 6) is -0.115. The highest BCUT2D eigenvalue weighted by Crippen LogP contribution is 2.29. The van der Waals surface area contributed by atoms with Gasteiger partial charge in [-0.1, -0.05) is 28.1 Å². The second-order valence-electron chi connectivity index (χ2n) is 5.41. The molecule has 2 aromatic rings. The van der Waals surface area contributed by atoms with E-state index in [0.717, 1.165) is 33.5 Å². The highest BCUT2D eigenvalue weighted by molar-refractivity contribution is 9.10. The van der Waals surface area contributed by atoms with Crippen molar-refractivity contribution >= 4 is 38.9 Å². The van der Waals surface area contributed by atoms with E-state index in [1.807, 2.05) is 37.3 Å². The maximum atomic E-state index is 12.2. The summed E-state index contributed by atoms with van der Waals surface area (Å²) in [7, 11) is 0. The summed E-state index contributed by atoms with van der Waals surface area (Å²) >= 11 is 5.01. The number of amides is 1. The molecule has 1 aromatic carbocycles. The summed E-state index contributed by atoms with van der Waals surface area (Å²) in [5.41, 5.74) is 5.80. The average molecular weight is 377 g/mol. The molecule has 1 aliphatic rings. The highest BCUT2D eigenvalue weighted by Gasteiger charge is 2.17. The van der Waals surface area contributed by atoms with Gasteiger partial charge in [0, 0.05) is 9.35 Å². The lowest BCUT2D eigenvalue weighted by Gasteiger charge is -2.08. The van der Waals surface area contributed by atoms with Gasteiger partial charge in [-0.2, -0.15) is 5.10 Å². The van der Waals surface area contributed by atoms with Gasteiger partial charge in [0.1, 0.15) is 0 Å². The lowest BCUT2D eigenvalue weighted by atomic mass is 9.99. The summed E-state index contributed by atoms with van der Waals surface area (Å²) in [5, 5.41) is 4.22. The van der Waals surface area contributed by atoms with Crippen molar-refractivity contribution in [3.05, 3.63) is 55.7 Å². The average Bonchev–Trinajstić information content (AvgIpc) is 2.97. The number of benzene rings is 1. The maximum Gasteiger partial charge on any atom is 0.281 e. The number of fused-ring (bicyclic) bond motifs is 1. The molecule has 0 saturated carbocycles. The molecule has 0 bridgehead atoms. The Labute approximate surface area is 142 Å². The molecule has 5 heteroatoms. The van der Waals surface area contributed by atoms with Gasteiger partial charge in [0.15, 0.2) is 0 Å². The van der Waals surface area contributed by atoms with Gasteiger partial charge in [-0.3, -0.25) is 4.79 Å². The quantitative estimate of drug-likeness (QED) is 0.619. The van der Waals surface area contributed by atoms with Crippen LogP contribution in [0.5, 0.6) is 0 Å². The van der Waals surface area contributed by atoms with Crippen LogP contribution in [-0.4, -0.2) is 11.6 Å². The maximum absolute atomic E-state index is 12.2. The zero-order chi connectivity index (χ0) is 15.5. The fourth-order valence-electron chi connectivity index (χ4n) is 2.55. The van der Waals surface area contributed by atoms with Crippen LogP contribution in [0, 0.1) is 0 Å². The van der Waals surface area contributed by atoms with Crippen LogP contribution in [0.1, 0.15) is 45.4 Å². The number of halogens is 1. The van der Waals surface area contributed by atoms with Crippen LogP contribution in [0.4, 0.5) is 0 Å². The van der Waals surface area contributed by atoms with Crippen molar-refractivity contribution in [2.24, 2.45) is 5.10 Å². The van der Waals surface area contributed by atoms with Crippen LogP contribution in [0.15, 0.2) is 39.9 Å². The number of aryl methyl sites for hydroxylation is 2. The van der Waals surface area contributed by atoms with E-state index in [0.29, 0.717) is 0 Å². The molecule has 0 fully saturated rings. The first-order valence-electron chi connectivity index (χ1n) is 7.35. The third kappa shape index (κ3) is 3.47. The summed E-state index contributed by atoms with van der Waals surface area (Å²) in [6.07, 6.45) is 4.66. The Morgan fingerprint density at radius 3 is 2.68 bits per heavy atom. The van der Waals surface area contributed by atoms with Crippen molar-refractivity contribution in [1.82, 2.24) is 5.43 Å². The molecular weight excluding hydrogens is 360 g/mol. The number of hydrogen-bond donors (Lipinski definition) is 1. The van der Waals surface area contributed by atoms with Gasteiger partial charge >= 0.3 is 0 Å². The standard InChI is InChI=1S/C17H17BrN2OS/c1-11(12-6-8-14(18)9-7-12)19-20-17(21)16-10-13-4-2-3-5-15(13)22-16/h6-10H,2-5H2,1H3,(H,20,21). The fourth-order valence-corrected chi connectivity index (χ4v) is 3.96. The van der Waals surface area contributed by atoms with E-state index in [9.17, 15) is 4.79 Å². The molecule has 0 unspecified atom stereocenters. The Bertz CT molecular complexity index is 695. The van der Waals surface area contributed by atoms with Crippen molar-refractivity contribution in [1.29, 1.82) is 0 Å². The van der Waals surface area contributed by atoms with E-state index in [2.05, 4.69) is 26.5 Å². The Morgan fingerprint density at radius 1 is 1.23 bits per heavy atom. The third-order valence-corrected chi connectivity index (χ3v) is 5.57. The van der Waals surface area contributed by atoms with Crippen molar-refractivity contribution in [3.8, 4) is 0 Å². The Balaban J connectivity index is 1.70. The zero-order valence-electron chi connectivity index (χ0n) is 12.4. The van der Waals surface area contributed by atoms with Gasteiger partial charge in [-0.15, -0.1) is 11.3 Å². The Morgan fingerprint density at radius 2 is 1.95 bits per heavy atom. The number of nitrogens with one attached hydrogen (secondary N) is 1. The number of carbonyl (C=O) groups is 1. The molecule has 1 N–H and O–H groups in total. The van der Waals surface area contributed by atoms with Crippen LogP contribution in [0.25, 0.3) is 0 Å². The molecule has 1 aliphatic carbocycles. The van der Waals surface area contributed by atoms with Crippen molar-refractivity contribution < 1.29 is 4.79 Å². The van der Waals surface area contributed by atoms with E-state index < -0.39 is 0 Å². The second-order valence-corrected chi connectivity index (χ2v) is 7.46. The van der Waals surface area contributed by atoms with E-state index >= 15 is 0 Å². The molecule has 0 radical (unpaired) electrons. The molecule has 3 rings (SSSR count). The van der Waals surface area contributed by atoms with E-state index in [4.69, 9.17) is 0 Å². The first-order valence-corrected chi connectivity index (χ1v) is 8.96. The number of carbonyl (C=O) groups excluding carboxylic acids is 1. The minimum absolute atomic E-state index is 0.115. The smallest absolute Gasteiger partial charge is 0.266 e. The minimum Gasteiger partial charge on any atom is -0.266 e. The molecule has 0 aliphatic heterocycles. The second kappa shape index (κ2) is 6.75. The van der Waals surface area contributed by atoms with Gasteiger partial charge in [0.05, 0.1) is 10.6 Å². The van der Waals surface area contributed by atoms with Gasteiger partial charge in [0.2, 0.25) is 0 Å². The molecular formula is C17H17BrN2OS. The number of hydrazone groups is 1. The topological polar surface area (TPSA) is 41.5 Å². The minimum atomic E-state index is -0.115. The number of hydrogen-bond acceptors (Lipinski definition) is 3. The van der Waals surface area contributed by atoms with Crippen LogP contribution in [0.2, 0.25) is 0 Å². The normalized spacial score (nSPS) is 14.5. The predicted molar refractivity (Wildman–Crippen MR) is 94.8 cm³/mol. The van der Waals surface area contributed by atoms with Crippen molar-refractivity contribution in [3.63, 3.8) is 0 Å². The van der Waals surface area contributed by atoms with Crippen LogP contribution < -0.4 is 5.43 Å². The summed E-state index contributed by atoms with van der Waals surface area (Å²) in [4.78, 5) is 14.4. The molecule has 114 valence electrons. The Hall–Kier alpha value is -1.46. The van der Waals surface area contributed by atoms with Crippen molar-refractivity contribution in [2.75, 3.05) is 0 Å². The lowest BCUT2D eigenvalue weighted by molar-refractivity contribution is 0.0959. The van der Waals surface area contributed by atoms with Crippen molar-refractivity contribution in [2.45, 2.75) is 32.6 Å². The van der Waals surface area contributed by atoms with Crippen LogP contribution >= 0.6 is 27.3 Å². The fraction of sp³-hybridized carbons (Fsp3) is 0.294. The number of thiophene rings is 1. The van der Waals surface area contributed by atoms with Crippen LogP contribution in [0.3, 0.4) is 0 Å². The predicted octanol–water partition coefficient (Wildman–Crippen LogP) is 4.54. The molecule has 0 spiro atoms. The SMILES string of the molecule is CC(=NNC(=O)c1cc2c(s1)CCCC2)c1ccc(Br)cc1. The summed E-state index contributed by atoms with van der Waals surface area (Å²) in [6.45, 7) is 1.89. The lowest BCUT2D eigenvalue weighted by Crippen LogP contribution is -2.18. The molecule has 1 aromatic heterocycles. The zero-order valence-corrected chi connectivity index (χ0v) is 14.8. The summed E-state index contributed by atoms with van der Waals surface area (Å²) in [6, 6.07) is 9.89. The van der Waals surface area contributed by atoms with E-state index in [-0.39, 0.29) is 5.91 Å². The molecule has 1 heterocycles. The van der Waals surface area contributed by atoms with Gasteiger partial charge < -0.3 is 0 Å². The Kier molecular flexibility index (Phi) is 4.74. The monoisotopic (exact) mass is 376 g/mol. The van der Waals surface area contributed by atoms with Gasteiger partial charge in [-0.25, -0.2) is 5.43 Å². The number of nitrogens with zero attached hydrogens (tertiary/aromatic N) is 1. The molecule has 22 heavy (non-hydrogen) atoms. The molecule has 1 amide bonds. The third-order valence-electron chi connectivity index (χ3n) is 3.81. The largest absolute Gasteiger partial charge is 0.281 e. The van der Waals surface area contributed by atoms with E-state index in [1.54, 1.807) is 11.3 Å². The first-order chi connectivity index (χ1) is 10.6. The van der Waals surface area contributed by atoms with E-state index in [1.165, 1.54) is 23.3 Å². The molecule has 3 nitrogen and oxygen atoms in total. The number of rotatable bonds is 3. The van der Waals surface area contributed by atoms with Crippen LogP contribution in [-0.2, 0) is 12.8 Å². The molecule has 0 saturated heterocycles. The molecule has 0 atom stereocenters. The highest BCUT2D eigenvalue weighted by atomic mass is 79.9. The van der Waals surface area contributed by atoms with Gasteiger partial charge in [-0.05, 0) is 61.9 Å². The first kappa shape index (κ1) is 15.4. The summed E-state index contributed by atoms with van der Waals surface area (Å²) < 4.78 is 1.03.